The fraction of sp³-hybridized carbons (Fsp3) is 0.700. The van der Waals surface area contributed by atoms with E-state index in [0.29, 0.717) is 5.92 Å². The Bertz CT molecular complexity index is 305. The molecule has 80 valence electrons. The van der Waals surface area contributed by atoms with Crippen molar-refractivity contribution in [3.63, 3.8) is 0 Å². The summed E-state index contributed by atoms with van der Waals surface area (Å²) in [5.41, 5.74) is 1.28. The van der Waals surface area contributed by atoms with Gasteiger partial charge < -0.3 is 9.88 Å². The Kier molecular flexibility index (Phi) is 4.13. The Balaban J connectivity index is 2.92. The third kappa shape index (κ3) is 2.58. The maximum absolute atomic E-state index is 4.47. The summed E-state index contributed by atoms with van der Waals surface area (Å²) in [7, 11) is 4.01. The SMILES string of the molecule is CNCc1nc(Br)c(CC(C)C)n1C. The van der Waals surface area contributed by atoms with Crippen molar-refractivity contribution in [1.29, 1.82) is 0 Å². The van der Waals surface area contributed by atoms with Crippen LogP contribution in [-0.4, -0.2) is 16.6 Å². The van der Waals surface area contributed by atoms with E-state index in [0.717, 1.165) is 23.4 Å². The van der Waals surface area contributed by atoms with E-state index >= 15 is 0 Å². The molecular formula is C10H18BrN3. The highest BCUT2D eigenvalue weighted by atomic mass is 79.9. The van der Waals surface area contributed by atoms with Gasteiger partial charge in [-0.1, -0.05) is 13.8 Å². The van der Waals surface area contributed by atoms with Crippen LogP contribution in [0.2, 0.25) is 0 Å². The molecule has 0 aliphatic heterocycles. The van der Waals surface area contributed by atoms with E-state index in [2.05, 4.69) is 51.7 Å². The summed E-state index contributed by atoms with van der Waals surface area (Å²) < 4.78 is 3.15. The molecule has 0 amide bonds. The first-order valence-corrected chi connectivity index (χ1v) is 5.70. The lowest BCUT2D eigenvalue weighted by Gasteiger charge is -2.07. The van der Waals surface area contributed by atoms with Crippen molar-refractivity contribution >= 4 is 15.9 Å². The summed E-state index contributed by atoms with van der Waals surface area (Å²) in [5, 5.41) is 3.11. The van der Waals surface area contributed by atoms with Crippen molar-refractivity contribution < 1.29 is 0 Å². The van der Waals surface area contributed by atoms with E-state index in [-0.39, 0.29) is 0 Å². The van der Waals surface area contributed by atoms with Crippen LogP contribution in [0.1, 0.15) is 25.4 Å². The Morgan fingerprint density at radius 3 is 2.64 bits per heavy atom. The maximum atomic E-state index is 4.47. The van der Waals surface area contributed by atoms with Crippen molar-refractivity contribution in [3.8, 4) is 0 Å². The van der Waals surface area contributed by atoms with E-state index in [1.807, 2.05) is 7.05 Å². The lowest BCUT2D eigenvalue weighted by Crippen LogP contribution is -2.12. The zero-order valence-electron chi connectivity index (χ0n) is 9.26. The zero-order chi connectivity index (χ0) is 10.7. The molecule has 1 aromatic heterocycles. The van der Waals surface area contributed by atoms with Gasteiger partial charge in [-0.15, -0.1) is 0 Å². The molecule has 0 saturated heterocycles. The molecule has 0 saturated carbocycles. The summed E-state index contributed by atoms with van der Waals surface area (Å²) in [6.45, 7) is 5.25. The van der Waals surface area contributed by atoms with E-state index in [4.69, 9.17) is 0 Å². The molecule has 1 heterocycles. The van der Waals surface area contributed by atoms with Gasteiger partial charge in [0, 0.05) is 7.05 Å². The van der Waals surface area contributed by atoms with E-state index < -0.39 is 0 Å². The minimum absolute atomic E-state index is 0.657. The Hall–Kier alpha value is -0.350. The number of imidazole rings is 1. The molecule has 0 bridgehead atoms. The lowest BCUT2D eigenvalue weighted by atomic mass is 10.1. The van der Waals surface area contributed by atoms with Gasteiger partial charge in [-0.2, -0.15) is 0 Å². The first kappa shape index (κ1) is 11.7. The summed E-state index contributed by atoms with van der Waals surface area (Å²) in [5.74, 6) is 1.74. The number of hydrogen-bond acceptors (Lipinski definition) is 2. The van der Waals surface area contributed by atoms with Gasteiger partial charge in [0.1, 0.15) is 10.4 Å². The third-order valence-corrected chi connectivity index (χ3v) is 2.83. The summed E-state index contributed by atoms with van der Waals surface area (Å²) in [6, 6.07) is 0. The minimum Gasteiger partial charge on any atom is -0.333 e. The van der Waals surface area contributed by atoms with Gasteiger partial charge in [0.25, 0.3) is 0 Å². The molecule has 4 heteroatoms. The zero-order valence-corrected chi connectivity index (χ0v) is 10.8. The first-order valence-electron chi connectivity index (χ1n) is 4.90. The van der Waals surface area contributed by atoms with Gasteiger partial charge in [-0.3, -0.25) is 0 Å². The smallest absolute Gasteiger partial charge is 0.127 e. The minimum atomic E-state index is 0.657. The van der Waals surface area contributed by atoms with Gasteiger partial charge in [0.05, 0.1) is 12.2 Å². The molecule has 0 unspecified atom stereocenters. The molecule has 1 rings (SSSR count). The van der Waals surface area contributed by atoms with Crippen LogP contribution in [0, 0.1) is 5.92 Å². The molecule has 0 aliphatic carbocycles. The van der Waals surface area contributed by atoms with Gasteiger partial charge in [-0.05, 0) is 35.3 Å². The number of halogens is 1. The predicted molar refractivity (Wildman–Crippen MR) is 62.2 cm³/mol. The average molecular weight is 260 g/mol. The molecule has 14 heavy (non-hydrogen) atoms. The Labute approximate surface area is 94.0 Å². The van der Waals surface area contributed by atoms with Crippen molar-refractivity contribution in [2.75, 3.05) is 7.05 Å². The van der Waals surface area contributed by atoms with Gasteiger partial charge in [0.2, 0.25) is 0 Å². The summed E-state index contributed by atoms with van der Waals surface area (Å²) >= 11 is 3.51. The van der Waals surface area contributed by atoms with Crippen LogP contribution in [0.15, 0.2) is 4.60 Å². The lowest BCUT2D eigenvalue weighted by molar-refractivity contribution is 0.602. The van der Waals surface area contributed by atoms with Gasteiger partial charge in [0.15, 0.2) is 0 Å². The second-order valence-corrected chi connectivity index (χ2v) is 4.70. The van der Waals surface area contributed by atoms with Crippen LogP contribution in [0.25, 0.3) is 0 Å². The summed E-state index contributed by atoms with van der Waals surface area (Å²) in [4.78, 5) is 4.47. The summed E-state index contributed by atoms with van der Waals surface area (Å²) in [6.07, 6.45) is 1.06. The molecule has 1 aromatic rings. The Morgan fingerprint density at radius 1 is 1.50 bits per heavy atom. The molecule has 3 nitrogen and oxygen atoms in total. The molecule has 0 aromatic carbocycles. The number of aromatic nitrogens is 2. The van der Waals surface area contributed by atoms with E-state index in [1.165, 1.54) is 5.69 Å². The fourth-order valence-electron chi connectivity index (χ4n) is 1.47. The quantitative estimate of drug-likeness (QED) is 0.898. The monoisotopic (exact) mass is 259 g/mol. The number of nitrogens with one attached hydrogen (secondary N) is 1. The molecule has 0 aliphatic rings. The Morgan fingerprint density at radius 2 is 2.14 bits per heavy atom. The largest absolute Gasteiger partial charge is 0.333 e. The van der Waals surface area contributed by atoms with Gasteiger partial charge >= 0.3 is 0 Å². The second kappa shape index (κ2) is 4.94. The van der Waals surface area contributed by atoms with Crippen molar-refractivity contribution in [1.82, 2.24) is 14.9 Å². The van der Waals surface area contributed by atoms with Crippen molar-refractivity contribution in [3.05, 3.63) is 16.1 Å². The topological polar surface area (TPSA) is 29.9 Å². The van der Waals surface area contributed by atoms with Crippen LogP contribution in [0.4, 0.5) is 0 Å². The highest BCUT2D eigenvalue weighted by Gasteiger charge is 2.12. The third-order valence-electron chi connectivity index (χ3n) is 2.19. The van der Waals surface area contributed by atoms with E-state index in [9.17, 15) is 0 Å². The van der Waals surface area contributed by atoms with Crippen LogP contribution in [-0.2, 0) is 20.0 Å². The van der Waals surface area contributed by atoms with Crippen LogP contribution >= 0.6 is 15.9 Å². The predicted octanol–water partition coefficient (Wildman–Crippen LogP) is 2.10. The standard InChI is InChI=1S/C10H18BrN3/c1-7(2)5-8-10(11)13-9(6-12-3)14(8)4/h7,12H,5-6H2,1-4H3. The van der Waals surface area contributed by atoms with E-state index in [1.54, 1.807) is 0 Å². The normalized spacial score (nSPS) is 11.3. The first-order chi connectivity index (χ1) is 6.56. The fourth-order valence-corrected chi connectivity index (χ4v) is 2.10. The number of hydrogen-bond donors (Lipinski definition) is 1. The van der Waals surface area contributed by atoms with Gasteiger partial charge in [-0.25, -0.2) is 4.98 Å². The molecule has 0 atom stereocenters. The number of rotatable bonds is 4. The van der Waals surface area contributed by atoms with Crippen LogP contribution in [0.5, 0.6) is 0 Å². The molecule has 0 radical (unpaired) electrons. The van der Waals surface area contributed by atoms with Crippen molar-refractivity contribution in [2.45, 2.75) is 26.8 Å². The highest BCUT2D eigenvalue weighted by Crippen LogP contribution is 2.20. The molecular weight excluding hydrogens is 242 g/mol. The maximum Gasteiger partial charge on any atom is 0.127 e. The number of nitrogens with zero attached hydrogens (tertiary/aromatic N) is 2. The van der Waals surface area contributed by atoms with Crippen LogP contribution in [0.3, 0.4) is 0 Å². The van der Waals surface area contributed by atoms with Crippen LogP contribution < -0.4 is 5.32 Å². The van der Waals surface area contributed by atoms with Crippen molar-refractivity contribution in [2.24, 2.45) is 13.0 Å². The second-order valence-electron chi connectivity index (χ2n) is 3.95. The molecule has 0 spiro atoms. The average Bonchev–Trinajstić information content (AvgIpc) is 2.33. The molecule has 0 fully saturated rings. The highest BCUT2D eigenvalue weighted by molar-refractivity contribution is 9.10. The molecule has 1 N–H and O–H groups in total.